The maximum Gasteiger partial charge on any atom is 0.220 e. The molecule has 136 valence electrons. The van der Waals surface area contributed by atoms with E-state index >= 15 is 0 Å². The fraction of sp³-hybridized carbons (Fsp3) is 0.682. The van der Waals surface area contributed by atoms with Crippen LogP contribution in [0.5, 0.6) is 5.75 Å². The average Bonchev–Trinajstić information content (AvgIpc) is 2.74. The molecule has 1 aromatic rings. The summed E-state index contributed by atoms with van der Waals surface area (Å²) in [6, 6.07) is 4.19. The van der Waals surface area contributed by atoms with Crippen LogP contribution in [0, 0.1) is 24.2 Å². The fourth-order valence-electron chi connectivity index (χ4n) is 6.98. The van der Waals surface area contributed by atoms with Crippen molar-refractivity contribution in [1.82, 2.24) is 5.32 Å². The van der Waals surface area contributed by atoms with Crippen molar-refractivity contribution < 1.29 is 9.90 Å². The van der Waals surface area contributed by atoms with Gasteiger partial charge in [0.25, 0.3) is 0 Å². The van der Waals surface area contributed by atoms with Gasteiger partial charge in [-0.15, -0.1) is 0 Å². The lowest BCUT2D eigenvalue weighted by Crippen LogP contribution is -2.58. The van der Waals surface area contributed by atoms with Crippen LogP contribution in [0.25, 0.3) is 0 Å². The van der Waals surface area contributed by atoms with E-state index in [0.717, 1.165) is 31.2 Å². The number of fused-ring (bicyclic) bond motifs is 5. The van der Waals surface area contributed by atoms with E-state index in [9.17, 15) is 9.90 Å². The van der Waals surface area contributed by atoms with Crippen LogP contribution in [0.15, 0.2) is 12.1 Å². The number of phenolic OH excluding ortho intramolecular Hbond substituents is 1. The number of nitrogens with one attached hydrogen (secondary N) is 1. The van der Waals surface area contributed by atoms with Crippen LogP contribution in [0.1, 0.15) is 70.1 Å². The van der Waals surface area contributed by atoms with Crippen molar-refractivity contribution in [2.75, 3.05) is 0 Å². The molecule has 1 heterocycles. The lowest BCUT2D eigenvalue weighted by Gasteiger charge is -2.57. The van der Waals surface area contributed by atoms with Crippen molar-refractivity contribution in [1.29, 1.82) is 0 Å². The maximum atomic E-state index is 12.3. The van der Waals surface area contributed by atoms with Crippen molar-refractivity contribution >= 4 is 5.91 Å². The Morgan fingerprint density at radius 3 is 2.56 bits per heavy atom. The second kappa shape index (κ2) is 5.02. The predicted molar refractivity (Wildman–Crippen MR) is 99.7 cm³/mol. The molecular weight excluding hydrogens is 310 g/mol. The molecule has 2 fully saturated rings. The van der Waals surface area contributed by atoms with Gasteiger partial charge in [-0.3, -0.25) is 4.79 Å². The zero-order chi connectivity index (χ0) is 18.2. The summed E-state index contributed by atoms with van der Waals surface area (Å²) < 4.78 is 0. The molecule has 2 aliphatic carbocycles. The first-order chi connectivity index (χ1) is 11.6. The Bertz CT molecular complexity index is 753. The third kappa shape index (κ3) is 2.20. The number of hydrogen-bond donors (Lipinski definition) is 2. The summed E-state index contributed by atoms with van der Waals surface area (Å²) in [7, 11) is 0. The van der Waals surface area contributed by atoms with E-state index in [1.54, 1.807) is 0 Å². The largest absolute Gasteiger partial charge is 0.508 e. The minimum Gasteiger partial charge on any atom is -0.508 e. The molecule has 1 aromatic carbocycles. The molecule has 2 N–H and O–H groups in total. The smallest absolute Gasteiger partial charge is 0.220 e. The highest BCUT2D eigenvalue weighted by molar-refractivity contribution is 5.77. The zero-order valence-electron chi connectivity index (χ0n) is 16.2. The first-order valence-corrected chi connectivity index (χ1v) is 9.72. The minimum atomic E-state index is -0.170. The van der Waals surface area contributed by atoms with Crippen LogP contribution in [0.3, 0.4) is 0 Å². The summed E-state index contributed by atoms with van der Waals surface area (Å²) in [6.07, 6.45) is 4.77. The number of carbonyl (C=O) groups is 1. The van der Waals surface area contributed by atoms with Crippen molar-refractivity contribution in [2.24, 2.45) is 17.3 Å². The summed E-state index contributed by atoms with van der Waals surface area (Å²) in [6.45, 7) is 11.2. The van der Waals surface area contributed by atoms with Crippen LogP contribution in [0.2, 0.25) is 0 Å². The van der Waals surface area contributed by atoms with E-state index in [2.05, 4.69) is 46.0 Å². The quantitative estimate of drug-likeness (QED) is 0.742. The van der Waals surface area contributed by atoms with Crippen molar-refractivity contribution in [3.8, 4) is 5.75 Å². The Morgan fingerprint density at radius 1 is 1.12 bits per heavy atom. The standard InChI is InChI=1S/C22H31NO2/c1-13-10-14-12-17-21(4)9-7-18(25)23-20(2,3)16(21)6-8-22(17,5)19(14)15(24)11-13/h10-11,16-17,24H,6-9,12H2,1-5H3,(H,23,25). The van der Waals surface area contributed by atoms with E-state index in [1.807, 2.05) is 6.07 Å². The topological polar surface area (TPSA) is 49.3 Å². The number of aromatic hydroxyl groups is 1. The molecule has 3 aliphatic rings. The van der Waals surface area contributed by atoms with E-state index in [0.29, 0.717) is 24.0 Å². The summed E-state index contributed by atoms with van der Waals surface area (Å²) >= 11 is 0. The van der Waals surface area contributed by atoms with Crippen LogP contribution >= 0.6 is 0 Å². The minimum absolute atomic E-state index is 0.0157. The fourth-order valence-corrected chi connectivity index (χ4v) is 6.98. The lowest BCUT2D eigenvalue weighted by molar-refractivity contribution is -0.122. The van der Waals surface area contributed by atoms with Crippen molar-refractivity contribution in [3.63, 3.8) is 0 Å². The molecule has 25 heavy (non-hydrogen) atoms. The number of amides is 1. The van der Waals surface area contributed by atoms with Gasteiger partial charge >= 0.3 is 0 Å². The van der Waals surface area contributed by atoms with Gasteiger partial charge in [0.15, 0.2) is 0 Å². The number of rotatable bonds is 0. The SMILES string of the molecule is Cc1cc(O)c2c(c1)CC1C2(C)CCC2C(C)(C)NC(=O)CCC21C. The second-order valence-electron chi connectivity index (χ2n) is 9.86. The van der Waals surface area contributed by atoms with E-state index < -0.39 is 0 Å². The molecule has 4 rings (SSSR count). The Labute approximate surface area is 151 Å². The molecule has 0 bridgehead atoms. The van der Waals surface area contributed by atoms with Gasteiger partial charge in [0, 0.05) is 22.9 Å². The highest BCUT2D eigenvalue weighted by Gasteiger charge is 2.61. The first-order valence-electron chi connectivity index (χ1n) is 9.72. The van der Waals surface area contributed by atoms with E-state index in [-0.39, 0.29) is 22.3 Å². The van der Waals surface area contributed by atoms with Gasteiger partial charge in [0.2, 0.25) is 5.91 Å². The number of benzene rings is 1. The first kappa shape index (κ1) is 16.9. The molecule has 0 spiro atoms. The number of hydrogen-bond acceptors (Lipinski definition) is 2. The lowest BCUT2D eigenvalue weighted by atomic mass is 9.48. The van der Waals surface area contributed by atoms with Gasteiger partial charge in [-0.2, -0.15) is 0 Å². The van der Waals surface area contributed by atoms with Crippen LogP contribution in [0.4, 0.5) is 0 Å². The van der Waals surface area contributed by atoms with Gasteiger partial charge in [0.1, 0.15) is 5.75 Å². The summed E-state index contributed by atoms with van der Waals surface area (Å²) in [5, 5.41) is 14.0. The third-order valence-electron chi connectivity index (χ3n) is 7.88. The summed E-state index contributed by atoms with van der Waals surface area (Å²) in [4.78, 5) is 12.3. The Kier molecular flexibility index (Phi) is 3.40. The molecule has 1 saturated carbocycles. The molecule has 0 radical (unpaired) electrons. The highest BCUT2D eigenvalue weighted by Crippen LogP contribution is 2.65. The van der Waals surface area contributed by atoms with E-state index in [4.69, 9.17) is 0 Å². The number of phenols is 1. The van der Waals surface area contributed by atoms with Gasteiger partial charge < -0.3 is 10.4 Å². The molecule has 1 aliphatic heterocycles. The zero-order valence-corrected chi connectivity index (χ0v) is 16.2. The average molecular weight is 341 g/mol. The monoisotopic (exact) mass is 341 g/mol. The third-order valence-corrected chi connectivity index (χ3v) is 7.88. The van der Waals surface area contributed by atoms with Crippen molar-refractivity contribution in [3.05, 3.63) is 28.8 Å². The van der Waals surface area contributed by atoms with Crippen LogP contribution in [-0.2, 0) is 16.6 Å². The molecular formula is C22H31NO2. The Morgan fingerprint density at radius 2 is 1.84 bits per heavy atom. The summed E-state index contributed by atoms with van der Waals surface area (Å²) in [5.74, 6) is 1.62. The Balaban J connectivity index is 1.85. The van der Waals surface area contributed by atoms with Crippen molar-refractivity contribution in [2.45, 2.75) is 77.7 Å². The predicted octanol–water partition coefficient (Wildman–Crippen LogP) is 4.24. The van der Waals surface area contributed by atoms with Crippen LogP contribution in [-0.4, -0.2) is 16.6 Å². The van der Waals surface area contributed by atoms with Gasteiger partial charge in [-0.25, -0.2) is 0 Å². The summed E-state index contributed by atoms with van der Waals surface area (Å²) in [5.41, 5.74) is 3.60. The highest BCUT2D eigenvalue weighted by atomic mass is 16.3. The molecule has 0 aromatic heterocycles. The molecule has 3 heteroatoms. The van der Waals surface area contributed by atoms with Gasteiger partial charge in [-0.05, 0) is 80.9 Å². The molecule has 1 amide bonds. The second-order valence-corrected chi connectivity index (χ2v) is 9.86. The van der Waals surface area contributed by atoms with Gasteiger partial charge in [0.05, 0.1) is 0 Å². The maximum absolute atomic E-state index is 12.3. The molecule has 4 atom stereocenters. The molecule has 1 saturated heterocycles. The molecule has 3 nitrogen and oxygen atoms in total. The number of carbonyl (C=O) groups excluding carboxylic acids is 1. The van der Waals surface area contributed by atoms with Gasteiger partial charge in [-0.1, -0.05) is 19.9 Å². The number of aryl methyl sites for hydroxylation is 1. The molecule has 4 unspecified atom stereocenters. The van der Waals surface area contributed by atoms with Crippen LogP contribution < -0.4 is 5.32 Å². The Hall–Kier alpha value is -1.51. The normalized spacial score (nSPS) is 39.0. The van der Waals surface area contributed by atoms with E-state index in [1.165, 1.54) is 11.1 Å².